The van der Waals surface area contributed by atoms with Crippen molar-refractivity contribution in [2.24, 2.45) is 0 Å². The van der Waals surface area contributed by atoms with Gasteiger partial charge in [-0.1, -0.05) is 29.3 Å². The van der Waals surface area contributed by atoms with Gasteiger partial charge in [0, 0.05) is 47.9 Å². The van der Waals surface area contributed by atoms with Crippen LogP contribution in [-0.4, -0.2) is 26.4 Å². The zero-order chi connectivity index (χ0) is 21.4. The summed E-state index contributed by atoms with van der Waals surface area (Å²) in [5, 5.41) is 1.16. The smallest absolute Gasteiger partial charge is 0.256 e. The first kappa shape index (κ1) is 20.0. The van der Waals surface area contributed by atoms with Gasteiger partial charge in [0.05, 0.1) is 23.2 Å². The molecule has 0 aliphatic carbocycles. The molecule has 0 spiro atoms. The first-order valence-electron chi connectivity index (χ1n) is 9.85. The number of aromatic amines is 1. The molecule has 0 amide bonds. The highest BCUT2D eigenvalue weighted by Gasteiger charge is 2.22. The van der Waals surface area contributed by atoms with Crippen molar-refractivity contribution in [1.29, 1.82) is 0 Å². The van der Waals surface area contributed by atoms with Crippen LogP contribution in [0.2, 0.25) is 10.0 Å². The molecule has 1 aliphatic heterocycles. The third-order valence-electron chi connectivity index (χ3n) is 5.29. The largest absolute Gasteiger partial charge is 0.461 e. The number of H-pyrrole nitrogens is 1. The van der Waals surface area contributed by atoms with Crippen molar-refractivity contribution < 1.29 is 4.42 Å². The van der Waals surface area contributed by atoms with Gasteiger partial charge in [0.15, 0.2) is 11.6 Å². The van der Waals surface area contributed by atoms with Crippen LogP contribution in [0.5, 0.6) is 0 Å². The van der Waals surface area contributed by atoms with Gasteiger partial charge in [-0.15, -0.1) is 0 Å². The molecule has 156 valence electrons. The number of fused-ring (bicyclic) bond motifs is 1. The van der Waals surface area contributed by atoms with Gasteiger partial charge in [-0.05, 0) is 42.0 Å². The fourth-order valence-corrected chi connectivity index (χ4v) is 4.32. The van der Waals surface area contributed by atoms with E-state index in [0.717, 1.165) is 29.1 Å². The Labute approximate surface area is 188 Å². The van der Waals surface area contributed by atoms with E-state index < -0.39 is 0 Å². The van der Waals surface area contributed by atoms with Crippen LogP contribution in [0.4, 0.5) is 0 Å². The molecule has 0 unspecified atom stereocenters. The number of furan rings is 1. The first-order chi connectivity index (χ1) is 15.0. The third kappa shape index (κ3) is 4.28. The molecule has 5 rings (SSSR count). The molecular formula is C23H18Cl2N4O2. The maximum absolute atomic E-state index is 12.6. The van der Waals surface area contributed by atoms with E-state index in [1.807, 2.05) is 30.5 Å². The third-order valence-corrected chi connectivity index (χ3v) is 5.73. The molecule has 0 radical (unpaired) electrons. The van der Waals surface area contributed by atoms with Gasteiger partial charge >= 0.3 is 0 Å². The fourth-order valence-electron chi connectivity index (χ4n) is 3.79. The summed E-state index contributed by atoms with van der Waals surface area (Å²) in [6.07, 6.45) is 4.12. The lowest BCUT2D eigenvalue weighted by atomic mass is 10.1. The average molecular weight is 453 g/mol. The highest BCUT2D eigenvalue weighted by atomic mass is 35.5. The number of aromatic nitrogens is 3. The summed E-state index contributed by atoms with van der Waals surface area (Å²) in [7, 11) is 0. The number of hydrogen-bond donors (Lipinski definition) is 1. The van der Waals surface area contributed by atoms with Crippen LogP contribution >= 0.6 is 23.2 Å². The van der Waals surface area contributed by atoms with Crippen molar-refractivity contribution in [3.8, 4) is 22.8 Å². The van der Waals surface area contributed by atoms with Crippen LogP contribution in [-0.2, 0) is 19.5 Å². The Balaban J connectivity index is 1.32. The summed E-state index contributed by atoms with van der Waals surface area (Å²) in [5.41, 5.74) is 4.17. The highest BCUT2D eigenvalue weighted by molar-refractivity contribution is 6.35. The van der Waals surface area contributed by atoms with E-state index in [1.165, 1.54) is 0 Å². The number of pyridine rings is 1. The molecule has 0 fully saturated rings. The second-order valence-corrected chi connectivity index (χ2v) is 8.36. The van der Waals surface area contributed by atoms with Gasteiger partial charge in [-0.25, -0.2) is 4.98 Å². The number of nitrogens with one attached hydrogen (secondary N) is 1. The van der Waals surface area contributed by atoms with Crippen LogP contribution in [0.25, 0.3) is 22.8 Å². The molecule has 4 aromatic rings. The lowest BCUT2D eigenvalue weighted by molar-refractivity contribution is 0.241. The van der Waals surface area contributed by atoms with Gasteiger partial charge in [-0.3, -0.25) is 14.7 Å². The van der Waals surface area contributed by atoms with Crippen LogP contribution < -0.4 is 5.56 Å². The second kappa shape index (κ2) is 8.30. The molecule has 1 N–H and O–H groups in total. The summed E-state index contributed by atoms with van der Waals surface area (Å²) < 4.78 is 5.36. The quantitative estimate of drug-likeness (QED) is 0.473. The van der Waals surface area contributed by atoms with Crippen molar-refractivity contribution in [2.45, 2.75) is 19.5 Å². The second-order valence-electron chi connectivity index (χ2n) is 7.49. The number of halogens is 2. The molecule has 3 aromatic heterocycles. The van der Waals surface area contributed by atoms with E-state index in [0.29, 0.717) is 46.7 Å². The SMILES string of the molecule is O=c1[nH]c(-c2ccco2)nc2c1CN(Cc1ccc(-c3cc(Cl)cc(Cl)c3)nc1)CC2. The van der Waals surface area contributed by atoms with Crippen molar-refractivity contribution in [3.63, 3.8) is 0 Å². The Morgan fingerprint density at radius 3 is 2.68 bits per heavy atom. The maximum atomic E-state index is 12.6. The highest BCUT2D eigenvalue weighted by Crippen LogP contribution is 2.26. The molecule has 1 aliphatic rings. The van der Waals surface area contributed by atoms with E-state index in [-0.39, 0.29) is 5.56 Å². The van der Waals surface area contributed by atoms with E-state index in [2.05, 4.69) is 19.9 Å². The Bertz CT molecular complexity index is 1260. The van der Waals surface area contributed by atoms with Gasteiger partial charge < -0.3 is 9.40 Å². The first-order valence-corrected chi connectivity index (χ1v) is 10.6. The molecule has 0 atom stereocenters. The number of hydrogen-bond acceptors (Lipinski definition) is 5. The molecule has 31 heavy (non-hydrogen) atoms. The molecule has 0 bridgehead atoms. The standard InChI is InChI=1S/C23H18Cl2N4O2/c24-16-8-15(9-17(25)10-16)19-4-3-14(11-26-19)12-29-6-5-20-18(13-29)23(30)28-22(27-20)21-2-1-7-31-21/h1-4,7-11H,5-6,12-13H2,(H,27,28,30). The predicted molar refractivity (Wildman–Crippen MR) is 120 cm³/mol. The van der Waals surface area contributed by atoms with Gasteiger partial charge in [0.1, 0.15) is 0 Å². The molecule has 8 heteroatoms. The van der Waals surface area contributed by atoms with Crippen LogP contribution in [0, 0.1) is 0 Å². The molecule has 4 heterocycles. The minimum absolute atomic E-state index is 0.118. The van der Waals surface area contributed by atoms with Crippen LogP contribution in [0.15, 0.2) is 64.1 Å². The number of benzene rings is 1. The number of rotatable bonds is 4. The summed E-state index contributed by atoms with van der Waals surface area (Å²) in [6, 6.07) is 12.9. The average Bonchev–Trinajstić information content (AvgIpc) is 3.29. The number of nitrogens with zero attached hydrogens (tertiary/aromatic N) is 3. The van der Waals surface area contributed by atoms with E-state index >= 15 is 0 Å². The summed E-state index contributed by atoms with van der Waals surface area (Å²) in [5.74, 6) is 1.04. The van der Waals surface area contributed by atoms with Crippen LogP contribution in [0.1, 0.15) is 16.8 Å². The monoisotopic (exact) mass is 452 g/mol. The Kier molecular flexibility index (Phi) is 5.36. The Morgan fingerprint density at radius 1 is 1.13 bits per heavy atom. The van der Waals surface area contributed by atoms with E-state index in [4.69, 9.17) is 27.6 Å². The fraction of sp³-hybridized carbons (Fsp3) is 0.174. The zero-order valence-electron chi connectivity index (χ0n) is 16.4. The summed E-state index contributed by atoms with van der Waals surface area (Å²) in [4.78, 5) is 26.9. The minimum Gasteiger partial charge on any atom is -0.461 e. The molecule has 0 saturated carbocycles. The lowest BCUT2D eigenvalue weighted by Gasteiger charge is -2.27. The minimum atomic E-state index is -0.118. The van der Waals surface area contributed by atoms with Gasteiger partial charge in [0.25, 0.3) is 5.56 Å². The lowest BCUT2D eigenvalue weighted by Crippen LogP contribution is -2.35. The van der Waals surface area contributed by atoms with E-state index in [9.17, 15) is 4.79 Å². The Morgan fingerprint density at radius 2 is 1.97 bits per heavy atom. The zero-order valence-corrected chi connectivity index (χ0v) is 18.0. The van der Waals surface area contributed by atoms with Crippen molar-refractivity contribution in [1.82, 2.24) is 19.9 Å². The normalized spacial score (nSPS) is 13.9. The topological polar surface area (TPSA) is 75.0 Å². The molecular weight excluding hydrogens is 435 g/mol. The summed E-state index contributed by atoms with van der Waals surface area (Å²) >= 11 is 12.2. The molecule has 6 nitrogen and oxygen atoms in total. The Hall–Kier alpha value is -2.93. The van der Waals surface area contributed by atoms with Crippen molar-refractivity contribution in [2.75, 3.05) is 6.54 Å². The predicted octanol–water partition coefficient (Wildman–Crippen LogP) is 4.96. The van der Waals surface area contributed by atoms with Gasteiger partial charge in [0.2, 0.25) is 0 Å². The van der Waals surface area contributed by atoms with Gasteiger partial charge in [-0.2, -0.15) is 0 Å². The maximum Gasteiger partial charge on any atom is 0.256 e. The van der Waals surface area contributed by atoms with Crippen molar-refractivity contribution in [3.05, 3.63) is 92.1 Å². The van der Waals surface area contributed by atoms with Crippen LogP contribution in [0.3, 0.4) is 0 Å². The van der Waals surface area contributed by atoms with E-state index in [1.54, 1.807) is 24.5 Å². The van der Waals surface area contributed by atoms with Crippen molar-refractivity contribution >= 4 is 23.2 Å². The molecule has 1 aromatic carbocycles. The molecule has 0 saturated heterocycles. The summed E-state index contributed by atoms with van der Waals surface area (Å²) in [6.45, 7) is 2.05.